The second kappa shape index (κ2) is 6.24. The second-order valence-electron chi connectivity index (χ2n) is 5.90. The van der Waals surface area contributed by atoms with E-state index in [1.165, 1.54) is 0 Å². The third-order valence-electron chi connectivity index (χ3n) is 4.45. The van der Waals surface area contributed by atoms with Crippen molar-refractivity contribution in [1.82, 2.24) is 15.1 Å². The van der Waals surface area contributed by atoms with Crippen LogP contribution in [0.5, 0.6) is 0 Å². The Hall–Kier alpha value is -2.63. The summed E-state index contributed by atoms with van der Waals surface area (Å²) in [4.78, 5) is 23.2. The second-order valence-corrected chi connectivity index (χ2v) is 5.90. The molecule has 2 N–H and O–H groups in total. The van der Waals surface area contributed by atoms with Crippen LogP contribution in [-0.4, -0.2) is 26.8 Å². The standard InChI is InChI=1S/C17H19N3O3/c1-11(19-16(21)14-7-8-15(14)17(22)23)12-3-5-13(6-4-12)20-10-2-9-18-20/h2-6,9-11,14-15H,7-8H2,1H3,(H,19,21)(H,22,23). The van der Waals surface area contributed by atoms with Crippen molar-refractivity contribution in [2.75, 3.05) is 0 Å². The highest BCUT2D eigenvalue weighted by Crippen LogP contribution is 2.35. The number of carboxylic acid groups (broad SMARTS) is 1. The molecule has 2 aromatic rings. The fraction of sp³-hybridized carbons (Fsp3) is 0.353. The first-order valence-corrected chi connectivity index (χ1v) is 7.69. The van der Waals surface area contributed by atoms with Crippen molar-refractivity contribution in [2.45, 2.75) is 25.8 Å². The van der Waals surface area contributed by atoms with Crippen LogP contribution < -0.4 is 5.32 Å². The number of aromatic nitrogens is 2. The summed E-state index contributed by atoms with van der Waals surface area (Å²) < 4.78 is 1.76. The van der Waals surface area contributed by atoms with Crippen molar-refractivity contribution >= 4 is 11.9 Å². The maximum absolute atomic E-state index is 12.2. The average molecular weight is 313 g/mol. The molecular weight excluding hydrogens is 294 g/mol. The summed E-state index contributed by atoms with van der Waals surface area (Å²) in [6.07, 6.45) is 4.81. The number of benzene rings is 1. The van der Waals surface area contributed by atoms with Crippen LogP contribution in [0.4, 0.5) is 0 Å². The minimum atomic E-state index is -0.882. The zero-order chi connectivity index (χ0) is 16.4. The molecule has 0 aliphatic heterocycles. The van der Waals surface area contributed by atoms with E-state index < -0.39 is 17.8 Å². The lowest BCUT2D eigenvalue weighted by atomic mass is 9.73. The van der Waals surface area contributed by atoms with Gasteiger partial charge in [0, 0.05) is 12.4 Å². The predicted molar refractivity (Wildman–Crippen MR) is 84.0 cm³/mol. The van der Waals surface area contributed by atoms with Crippen molar-refractivity contribution < 1.29 is 14.7 Å². The van der Waals surface area contributed by atoms with Gasteiger partial charge in [0.15, 0.2) is 0 Å². The molecule has 0 saturated heterocycles. The summed E-state index contributed by atoms with van der Waals surface area (Å²) in [6, 6.07) is 9.45. The number of aliphatic carboxylic acids is 1. The van der Waals surface area contributed by atoms with Crippen LogP contribution in [0.1, 0.15) is 31.4 Å². The van der Waals surface area contributed by atoms with Crippen molar-refractivity contribution in [3.05, 3.63) is 48.3 Å². The molecule has 3 unspecified atom stereocenters. The number of carbonyl (C=O) groups is 2. The van der Waals surface area contributed by atoms with Crippen LogP contribution in [0, 0.1) is 11.8 Å². The van der Waals surface area contributed by atoms with E-state index >= 15 is 0 Å². The molecule has 120 valence electrons. The van der Waals surface area contributed by atoms with Gasteiger partial charge in [0.2, 0.25) is 5.91 Å². The number of nitrogens with zero attached hydrogens (tertiary/aromatic N) is 2. The highest BCUT2D eigenvalue weighted by atomic mass is 16.4. The van der Waals surface area contributed by atoms with Gasteiger partial charge in [-0.2, -0.15) is 5.10 Å². The first-order chi connectivity index (χ1) is 11.1. The monoisotopic (exact) mass is 313 g/mol. The Morgan fingerprint density at radius 3 is 2.48 bits per heavy atom. The number of hydrogen-bond donors (Lipinski definition) is 2. The minimum absolute atomic E-state index is 0.163. The Morgan fingerprint density at radius 1 is 1.26 bits per heavy atom. The molecule has 6 nitrogen and oxygen atoms in total. The number of amides is 1. The largest absolute Gasteiger partial charge is 0.481 e. The van der Waals surface area contributed by atoms with Crippen molar-refractivity contribution in [1.29, 1.82) is 0 Å². The number of hydrogen-bond acceptors (Lipinski definition) is 3. The van der Waals surface area contributed by atoms with E-state index in [2.05, 4.69) is 10.4 Å². The van der Waals surface area contributed by atoms with Crippen LogP contribution >= 0.6 is 0 Å². The molecule has 3 atom stereocenters. The number of nitrogens with one attached hydrogen (secondary N) is 1. The van der Waals surface area contributed by atoms with Gasteiger partial charge in [0.25, 0.3) is 0 Å². The Labute approximate surface area is 134 Å². The molecule has 23 heavy (non-hydrogen) atoms. The molecule has 1 heterocycles. The molecular formula is C17H19N3O3. The third-order valence-corrected chi connectivity index (χ3v) is 4.45. The van der Waals surface area contributed by atoms with E-state index in [9.17, 15) is 9.59 Å². The van der Waals surface area contributed by atoms with Crippen molar-refractivity contribution in [3.63, 3.8) is 0 Å². The zero-order valence-electron chi connectivity index (χ0n) is 12.8. The molecule has 1 aromatic carbocycles. The van der Waals surface area contributed by atoms with Crippen LogP contribution in [-0.2, 0) is 9.59 Å². The highest BCUT2D eigenvalue weighted by Gasteiger charge is 2.41. The quantitative estimate of drug-likeness (QED) is 0.886. The first kappa shape index (κ1) is 15.3. The number of carbonyl (C=O) groups excluding carboxylic acids is 1. The molecule has 6 heteroatoms. The van der Waals surface area contributed by atoms with E-state index in [0.29, 0.717) is 12.8 Å². The van der Waals surface area contributed by atoms with E-state index in [1.807, 2.05) is 43.5 Å². The normalized spacial score (nSPS) is 21.3. The van der Waals surface area contributed by atoms with Crippen LogP contribution in [0.15, 0.2) is 42.7 Å². The summed E-state index contributed by atoms with van der Waals surface area (Å²) in [6.45, 7) is 1.90. The molecule has 1 aromatic heterocycles. The van der Waals surface area contributed by atoms with Crippen LogP contribution in [0.2, 0.25) is 0 Å². The molecule has 0 bridgehead atoms. The van der Waals surface area contributed by atoms with Crippen LogP contribution in [0.3, 0.4) is 0 Å². The van der Waals surface area contributed by atoms with Gasteiger partial charge in [-0.15, -0.1) is 0 Å². The summed E-state index contributed by atoms with van der Waals surface area (Å²) in [5.74, 6) is -2.00. The first-order valence-electron chi connectivity index (χ1n) is 7.69. The summed E-state index contributed by atoms with van der Waals surface area (Å²) in [5.41, 5.74) is 1.92. The Kier molecular flexibility index (Phi) is 4.14. The molecule has 1 aliphatic rings. The molecule has 0 spiro atoms. The lowest BCUT2D eigenvalue weighted by molar-refractivity contribution is -0.152. The minimum Gasteiger partial charge on any atom is -0.481 e. The smallest absolute Gasteiger partial charge is 0.307 e. The van der Waals surface area contributed by atoms with Gasteiger partial charge in [-0.3, -0.25) is 9.59 Å². The van der Waals surface area contributed by atoms with Gasteiger partial charge < -0.3 is 10.4 Å². The fourth-order valence-corrected chi connectivity index (χ4v) is 2.85. The molecule has 1 aliphatic carbocycles. The lowest BCUT2D eigenvalue weighted by Gasteiger charge is -2.33. The Morgan fingerprint density at radius 2 is 1.96 bits per heavy atom. The molecule has 1 fully saturated rings. The molecule has 1 saturated carbocycles. The van der Waals surface area contributed by atoms with E-state index in [4.69, 9.17) is 5.11 Å². The van der Waals surface area contributed by atoms with Gasteiger partial charge in [0.1, 0.15) is 0 Å². The maximum atomic E-state index is 12.2. The highest BCUT2D eigenvalue weighted by molar-refractivity contribution is 5.86. The summed E-state index contributed by atoms with van der Waals surface area (Å²) in [7, 11) is 0. The third kappa shape index (κ3) is 3.11. The van der Waals surface area contributed by atoms with Crippen LogP contribution in [0.25, 0.3) is 5.69 Å². The van der Waals surface area contributed by atoms with Gasteiger partial charge >= 0.3 is 5.97 Å². The number of rotatable bonds is 5. The zero-order valence-corrected chi connectivity index (χ0v) is 12.8. The van der Waals surface area contributed by atoms with Gasteiger partial charge in [-0.05, 0) is 43.5 Å². The fourth-order valence-electron chi connectivity index (χ4n) is 2.85. The van der Waals surface area contributed by atoms with Gasteiger partial charge in [-0.1, -0.05) is 12.1 Å². The average Bonchev–Trinajstić information content (AvgIpc) is 2.99. The summed E-state index contributed by atoms with van der Waals surface area (Å²) >= 11 is 0. The molecule has 1 amide bonds. The summed E-state index contributed by atoms with van der Waals surface area (Å²) in [5, 5.41) is 16.1. The Balaban J connectivity index is 1.63. The lowest BCUT2D eigenvalue weighted by Crippen LogP contribution is -2.44. The van der Waals surface area contributed by atoms with Crippen molar-refractivity contribution in [2.24, 2.45) is 11.8 Å². The van der Waals surface area contributed by atoms with E-state index in [0.717, 1.165) is 11.3 Å². The van der Waals surface area contributed by atoms with E-state index in [-0.39, 0.29) is 11.9 Å². The predicted octanol–water partition coefficient (Wildman–Crippen LogP) is 2.16. The Bertz CT molecular complexity index is 694. The van der Waals surface area contributed by atoms with Gasteiger partial charge in [0.05, 0.1) is 23.6 Å². The van der Waals surface area contributed by atoms with Gasteiger partial charge in [-0.25, -0.2) is 4.68 Å². The molecule has 3 rings (SSSR count). The topological polar surface area (TPSA) is 84.2 Å². The number of carboxylic acids is 1. The van der Waals surface area contributed by atoms with Crippen molar-refractivity contribution in [3.8, 4) is 5.69 Å². The SMILES string of the molecule is CC(NC(=O)C1CCC1C(=O)O)c1ccc(-n2cccn2)cc1. The maximum Gasteiger partial charge on any atom is 0.307 e. The molecule has 0 radical (unpaired) electrons. The van der Waals surface area contributed by atoms with E-state index in [1.54, 1.807) is 10.9 Å².